The van der Waals surface area contributed by atoms with E-state index in [9.17, 15) is 4.39 Å². The monoisotopic (exact) mass is 364 g/mol. The SMILES string of the molecule is CCNC(=NCC(C(C)C)N1CCOCC1)NCCc1ccccc1F. The molecule has 0 aliphatic carbocycles. The largest absolute Gasteiger partial charge is 0.379 e. The molecule has 1 aliphatic rings. The number of hydrogen-bond donors (Lipinski definition) is 2. The van der Waals surface area contributed by atoms with Gasteiger partial charge in [-0.3, -0.25) is 9.89 Å². The maximum absolute atomic E-state index is 13.7. The maximum Gasteiger partial charge on any atom is 0.191 e. The van der Waals surface area contributed by atoms with Crippen LogP contribution < -0.4 is 10.6 Å². The number of nitrogens with zero attached hydrogens (tertiary/aromatic N) is 2. The van der Waals surface area contributed by atoms with Crippen molar-refractivity contribution in [1.82, 2.24) is 15.5 Å². The molecule has 5 nitrogen and oxygen atoms in total. The van der Waals surface area contributed by atoms with Crippen LogP contribution in [0.5, 0.6) is 0 Å². The second kappa shape index (κ2) is 11.1. The summed E-state index contributed by atoms with van der Waals surface area (Å²) < 4.78 is 19.2. The van der Waals surface area contributed by atoms with Crippen molar-refractivity contribution in [2.75, 3.05) is 45.9 Å². The first-order valence-corrected chi connectivity index (χ1v) is 9.69. The van der Waals surface area contributed by atoms with Crippen molar-refractivity contribution >= 4 is 5.96 Å². The lowest BCUT2D eigenvalue weighted by Crippen LogP contribution is -2.48. The number of aliphatic imine (C=N–C) groups is 1. The van der Waals surface area contributed by atoms with Gasteiger partial charge in [-0.25, -0.2) is 4.39 Å². The number of benzene rings is 1. The van der Waals surface area contributed by atoms with E-state index in [-0.39, 0.29) is 5.82 Å². The first-order chi connectivity index (χ1) is 12.6. The lowest BCUT2D eigenvalue weighted by molar-refractivity contribution is 0.00867. The molecule has 0 bridgehead atoms. The number of rotatable bonds is 8. The fraction of sp³-hybridized carbons (Fsp3) is 0.650. The fourth-order valence-electron chi connectivity index (χ4n) is 3.20. The van der Waals surface area contributed by atoms with Crippen LogP contribution in [-0.2, 0) is 11.2 Å². The third kappa shape index (κ3) is 6.57. The van der Waals surface area contributed by atoms with E-state index < -0.39 is 0 Å². The van der Waals surface area contributed by atoms with Crippen molar-refractivity contribution in [2.24, 2.45) is 10.9 Å². The average molecular weight is 365 g/mol. The molecule has 0 radical (unpaired) electrons. The smallest absolute Gasteiger partial charge is 0.191 e. The molecule has 6 heteroatoms. The minimum atomic E-state index is -0.150. The Morgan fingerprint density at radius 1 is 1.23 bits per heavy atom. The van der Waals surface area contributed by atoms with Crippen LogP contribution in [0, 0.1) is 11.7 Å². The van der Waals surface area contributed by atoms with Crippen LogP contribution in [0.15, 0.2) is 29.3 Å². The molecule has 2 rings (SSSR count). The predicted molar refractivity (Wildman–Crippen MR) is 105 cm³/mol. The van der Waals surface area contributed by atoms with Gasteiger partial charge < -0.3 is 15.4 Å². The molecule has 1 saturated heterocycles. The summed E-state index contributed by atoms with van der Waals surface area (Å²) in [5.41, 5.74) is 0.726. The van der Waals surface area contributed by atoms with Crippen molar-refractivity contribution in [2.45, 2.75) is 33.2 Å². The van der Waals surface area contributed by atoms with Crippen molar-refractivity contribution in [1.29, 1.82) is 0 Å². The zero-order valence-corrected chi connectivity index (χ0v) is 16.3. The molecule has 2 N–H and O–H groups in total. The zero-order valence-electron chi connectivity index (χ0n) is 16.3. The van der Waals surface area contributed by atoms with E-state index >= 15 is 0 Å². The number of nitrogens with one attached hydrogen (secondary N) is 2. The number of guanidine groups is 1. The molecule has 1 atom stereocenters. The van der Waals surface area contributed by atoms with Crippen LogP contribution >= 0.6 is 0 Å². The Hall–Kier alpha value is -1.66. The standard InChI is InChI=1S/C20H33FN4O/c1-4-22-20(23-10-9-17-7-5-6-8-18(17)21)24-15-19(16(2)3)25-11-13-26-14-12-25/h5-8,16,19H,4,9-15H2,1-3H3,(H2,22,23,24). The van der Waals surface area contributed by atoms with Gasteiger partial charge in [0.2, 0.25) is 0 Å². The van der Waals surface area contributed by atoms with E-state index in [1.54, 1.807) is 6.07 Å². The highest BCUT2D eigenvalue weighted by Gasteiger charge is 2.23. The van der Waals surface area contributed by atoms with E-state index in [1.807, 2.05) is 12.1 Å². The molecule has 0 aromatic heterocycles. The van der Waals surface area contributed by atoms with E-state index in [0.29, 0.717) is 24.9 Å². The van der Waals surface area contributed by atoms with Crippen molar-refractivity contribution < 1.29 is 9.13 Å². The van der Waals surface area contributed by atoms with Gasteiger partial charge in [-0.05, 0) is 30.9 Å². The molecule has 1 heterocycles. The molecule has 0 amide bonds. The van der Waals surface area contributed by atoms with Crippen molar-refractivity contribution in [3.05, 3.63) is 35.6 Å². The van der Waals surface area contributed by atoms with Gasteiger partial charge in [0.25, 0.3) is 0 Å². The Balaban J connectivity index is 1.90. The minimum Gasteiger partial charge on any atom is -0.379 e. The Bertz CT molecular complexity index is 558. The molecule has 1 unspecified atom stereocenters. The number of morpholine rings is 1. The third-order valence-corrected chi connectivity index (χ3v) is 4.71. The van der Waals surface area contributed by atoms with E-state index in [2.05, 4.69) is 36.3 Å². The molecule has 0 spiro atoms. The van der Waals surface area contributed by atoms with Gasteiger partial charge in [-0.2, -0.15) is 0 Å². The first-order valence-electron chi connectivity index (χ1n) is 9.69. The Morgan fingerprint density at radius 3 is 2.62 bits per heavy atom. The van der Waals surface area contributed by atoms with Gasteiger partial charge in [0.15, 0.2) is 5.96 Å². The van der Waals surface area contributed by atoms with Crippen molar-refractivity contribution in [3.63, 3.8) is 0 Å². The summed E-state index contributed by atoms with van der Waals surface area (Å²) in [6.45, 7) is 12.3. The van der Waals surface area contributed by atoms with Crippen LogP contribution in [0.4, 0.5) is 4.39 Å². The van der Waals surface area contributed by atoms with E-state index in [0.717, 1.165) is 50.9 Å². The van der Waals surface area contributed by atoms with Crippen LogP contribution in [0.3, 0.4) is 0 Å². The van der Waals surface area contributed by atoms with Crippen molar-refractivity contribution in [3.8, 4) is 0 Å². The third-order valence-electron chi connectivity index (χ3n) is 4.71. The van der Waals surface area contributed by atoms with Crippen LogP contribution in [0.1, 0.15) is 26.3 Å². The molecule has 1 aliphatic heterocycles. The second-order valence-electron chi connectivity index (χ2n) is 6.95. The highest BCUT2D eigenvalue weighted by atomic mass is 19.1. The molecular weight excluding hydrogens is 331 g/mol. The zero-order chi connectivity index (χ0) is 18.8. The molecule has 26 heavy (non-hydrogen) atoms. The molecular formula is C20H33FN4O. The summed E-state index contributed by atoms with van der Waals surface area (Å²) >= 11 is 0. The second-order valence-corrected chi connectivity index (χ2v) is 6.95. The Kier molecular flexibility index (Phi) is 8.85. The van der Waals surface area contributed by atoms with Gasteiger partial charge in [0.05, 0.1) is 19.8 Å². The molecule has 1 aromatic rings. The summed E-state index contributed by atoms with van der Waals surface area (Å²) in [6.07, 6.45) is 0.633. The summed E-state index contributed by atoms with van der Waals surface area (Å²) in [7, 11) is 0. The van der Waals surface area contributed by atoms with Gasteiger partial charge >= 0.3 is 0 Å². The summed E-state index contributed by atoms with van der Waals surface area (Å²) in [4.78, 5) is 7.25. The lowest BCUT2D eigenvalue weighted by Gasteiger charge is -2.36. The van der Waals surface area contributed by atoms with Crippen LogP contribution in [-0.4, -0.2) is 62.8 Å². The summed E-state index contributed by atoms with van der Waals surface area (Å²) in [5, 5.41) is 6.61. The number of hydrogen-bond acceptors (Lipinski definition) is 3. The van der Waals surface area contributed by atoms with E-state index in [1.165, 1.54) is 6.07 Å². The topological polar surface area (TPSA) is 48.9 Å². The Morgan fingerprint density at radius 2 is 1.96 bits per heavy atom. The van der Waals surface area contributed by atoms with Gasteiger partial charge in [0.1, 0.15) is 5.82 Å². The molecule has 0 saturated carbocycles. The van der Waals surface area contributed by atoms with Gasteiger partial charge in [-0.15, -0.1) is 0 Å². The number of ether oxygens (including phenoxy) is 1. The molecule has 146 valence electrons. The fourth-order valence-corrected chi connectivity index (χ4v) is 3.20. The highest BCUT2D eigenvalue weighted by molar-refractivity contribution is 5.79. The minimum absolute atomic E-state index is 0.150. The maximum atomic E-state index is 13.7. The summed E-state index contributed by atoms with van der Waals surface area (Å²) in [6, 6.07) is 7.32. The quantitative estimate of drug-likeness (QED) is 0.549. The lowest BCUT2D eigenvalue weighted by atomic mass is 10.0. The highest BCUT2D eigenvalue weighted by Crippen LogP contribution is 2.13. The summed E-state index contributed by atoms with van der Waals surface area (Å²) in [5.74, 6) is 1.17. The normalized spacial score (nSPS) is 17.3. The van der Waals surface area contributed by atoms with Gasteiger partial charge in [0, 0.05) is 32.2 Å². The predicted octanol–water partition coefficient (Wildman–Crippen LogP) is 2.28. The van der Waals surface area contributed by atoms with E-state index in [4.69, 9.17) is 9.73 Å². The first kappa shape index (κ1) is 20.6. The van der Waals surface area contributed by atoms with Crippen LogP contribution in [0.25, 0.3) is 0 Å². The molecule has 1 fully saturated rings. The van der Waals surface area contributed by atoms with Gasteiger partial charge in [-0.1, -0.05) is 32.0 Å². The van der Waals surface area contributed by atoms with Crippen LogP contribution in [0.2, 0.25) is 0 Å². The Labute approximate surface area is 157 Å². The molecule has 1 aromatic carbocycles. The number of halogens is 1. The average Bonchev–Trinajstić information content (AvgIpc) is 2.64.